The molecule has 2 N–H and O–H groups in total. The van der Waals surface area contributed by atoms with Crippen molar-refractivity contribution in [3.63, 3.8) is 0 Å². The third-order valence-electron chi connectivity index (χ3n) is 4.61. The first-order chi connectivity index (χ1) is 10.6. The number of phenols is 1. The first-order valence-corrected chi connectivity index (χ1v) is 7.72. The zero-order valence-corrected chi connectivity index (χ0v) is 12.7. The molecule has 2 aromatic carbocycles. The number of nitrogens with zero attached hydrogens (tertiary/aromatic N) is 1. The Labute approximate surface area is 130 Å². The Kier molecular flexibility index (Phi) is 4.03. The summed E-state index contributed by atoms with van der Waals surface area (Å²) in [7, 11) is 1.72. The van der Waals surface area contributed by atoms with Crippen molar-refractivity contribution < 1.29 is 15.0 Å². The molecule has 1 saturated carbocycles. The Morgan fingerprint density at radius 3 is 2.73 bits per heavy atom. The first-order valence-electron chi connectivity index (χ1n) is 7.72. The van der Waals surface area contributed by atoms with Crippen LogP contribution in [-0.2, 0) is 0 Å². The van der Waals surface area contributed by atoms with Crippen molar-refractivity contribution in [3.05, 3.63) is 42.0 Å². The van der Waals surface area contributed by atoms with E-state index in [1.54, 1.807) is 18.0 Å². The summed E-state index contributed by atoms with van der Waals surface area (Å²) in [6.45, 7) is 0.520. The smallest absolute Gasteiger partial charge is 0.257 e. The predicted molar refractivity (Wildman–Crippen MR) is 85.9 cm³/mol. The molecule has 116 valence electrons. The standard InChI is InChI=1S/C18H21NO3/c1-19(11-13-6-4-8-16(13)20)18(22)15-10-9-12-5-2-3-7-14(12)17(15)21/h2-3,5,7,9-10,13,16,20-21H,4,6,8,11H2,1H3/t13-,16-/m0/s1. The average Bonchev–Trinajstić information content (AvgIpc) is 2.92. The minimum absolute atomic E-state index is 0.0296. The van der Waals surface area contributed by atoms with Crippen LogP contribution in [0.15, 0.2) is 36.4 Å². The van der Waals surface area contributed by atoms with Gasteiger partial charge in [0.05, 0.1) is 11.7 Å². The van der Waals surface area contributed by atoms with Crippen molar-refractivity contribution in [3.8, 4) is 5.75 Å². The van der Waals surface area contributed by atoms with Gasteiger partial charge in [0.2, 0.25) is 0 Å². The number of phenolic OH excluding ortho intramolecular Hbond substituents is 1. The number of hydrogen-bond acceptors (Lipinski definition) is 3. The highest BCUT2D eigenvalue weighted by atomic mass is 16.3. The minimum Gasteiger partial charge on any atom is -0.506 e. The molecular formula is C18H21NO3. The molecule has 0 radical (unpaired) electrons. The molecule has 0 unspecified atom stereocenters. The molecule has 1 aliphatic carbocycles. The monoisotopic (exact) mass is 299 g/mol. The second-order valence-corrected chi connectivity index (χ2v) is 6.13. The van der Waals surface area contributed by atoms with Gasteiger partial charge in [-0.2, -0.15) is 0 Å². The lowest BCUT2D eigenvalue weighted by Crippen LogP contribution is -2.34. The number of carbonyl (C=O) groups is 1. The van der Waals surface area contributed by atoms with Gasteiger partial charge >= 0.3 is 0 Å². The number of hydrogen-bond donors (Lipinski definition) is 2. The second kappa shape index (κ2) is 5.97. The maximum absolute atomic E-state index is 12.6. The maximum atomic E-state index is 12.6. The van der Waals surface area contributed by atoms with Gasteiger partial charge in [0.1, 0.15) is 5.75 Å². The fourth-order valence-corrected chi connectivity index (χ4v) is 3.30. The van der Waals surface area contributed by atoms with Gasteiger partial charge in [-0.15, -0.1) is 0 Å². The van der Waals surface area contributed by atoms with Crippen LogP contribution in [0, 0.1) is 5.92 Å². The average molecular weight is 299 g/mol. The van der Waals surface area contributed by atoms with Gasteiger partial charge in [-0.05, 0) is 24.3 Å². The van der Waals surface area contributed by atoms with E-state index in [-0.39, 0.29) is 23.7 Å². The summed E-state index contributed by atoms with van der Waals surface area (Å²) in [5, 5.41) is 21.9. The Balaban J connectivity index is 1.83. The number of fused-ring (bicyclic) bond motifs is 1. The number of aromatic hydroxyl groups is 1. The molecule has 2 atom stereocenters. The van der Waals surface area contributed by atoms with Crippen LogP contribution in [0.1, 0.15) is 29.6 Å². The van der Waals surface area contributed by atoms with Gasteiger partial charge in [0.15, 0.2) is 0 Å². The number of carbonyl (C=O) groups excluding carboxylic acids is 1. The van der Waals surface area contributed by atoms with Crippen molar-refractivity contribution in [1.82, 2.24) is 4.90 Å². The molecule has 1 amide bonds. The summed E-state index contributed by atoms with van der Waals surface area (Å²) in [4.78, 5) is 14.2. The molecule has 0 saturated heterocycles. The van der Waals surface area contributed by atoms with Crippen LogP contribution in [0.3, 0.4) is 0 Å². The van der Waals surface area contributed by atoms with Gasteiger partial charge < -0.3 is 15.1 Å². The number of aliphatic hydroxyl groups excluding tert-OH is 1. The molecule has 4 nitrogen and oxygen atoms in total. The van der Waals surface area contributed by atoms with E-state index in [9.17, 15) is 15.0 Å². The zero-order chi connectivity index (χ0) is 15.7. The van der Waals surface area contributed by atoms with Gasteiger partial charge in [0.25, 0.3) is 5.91 Å². The van der Waals surface area contributed by atoms with Crippen LogP contribution < -0.4 is 0 Å². The van der Waals surface area contributed by atoms with Crippen LogP contribution in [0.4, 0.5) is 0 Å². The number of aliphatic hydroxyl groups is 1. The van der Waals surface area contributed by atoms with E-state index in [2.05, 4.69) is 0 Å². The topological polar surface area (TPSA) is 60.8 Å². The molecular weight excluding hydrogens is 278 g/mol. The Morgan fingerprint density at radius 1 is 1.23 bits per heavy atom. The Hall–Kier alpha value is -2.07. The van der Waals surface area contributed by atoms with Crippen LogP contribution >= 0.6 is 0 Å². The highest BCUT2D eigenvalue weighted by molar-refractivity contribution is 6.03. The van der Waals surface area contributed by atoms with Crippen molar-refractivity contribution in [2.45, 2.75) is 25.4 Å². The van der Waals surface area contributed by atoms with E-state index >= 15 is 0 Å². The molecule has 4 heteroatoms. The van der Waals surface area contributed by atoms with E-state index < -0.39 is 0 Å². The summed E-state index contributed by atoms with van der Waals surface area (Å²) in [5.41, 5.74) is 0.314. The minimum atomic E-state index is -0.319. The third-order valence-corrected chi connectivity index (χ3v) is 4.61. The van der Waals surface area contributed by atoms with Crippen molar-refractivity contribution in [2.75, 3.05) is 13.6 Å². The zero-order valence-electron chi connectivity index (χ0n) is 12.7. The molecule has 2 aromatic rings. The molecule has 0 bridgehead atoms. The van der Waals surface area contributed by atoms with Gasteiger partial charge in [-0.3, -0.25) is 4.79 Å². The Bertz CT molecular complexity index is 698. The molecule has 0 aliphatic heterocycles. The van der Waals surface area contributed by atoms with Gasteiger partial charge in [-0.25, -0.2) is 0 Å². The van der Waals surface area contributed by atoms with Crippen molar-refractivity contribution in [1.29, 1.82) is 0 Å². The first kappa shape index (κ1) is 14.9. The second-order valence-electron chi connectivity index (χ2n) is 6.13. The molecule has 1 aliphatic rings. The van der Waals surface area contributed by atoms with Crippen LogP contribution in [0.5, 0.6) is 5.75 Å². The largest absolute Gasteiger partial charge is 0.506 e. The van der Waals surface area contributed by atoms with E-state index in [1.165, 1.54) is 0 Å². The van der Waals surface area contributed by atoms with Crippen LogP contribution in [-0.4, -0.2) is 40.7 Å². The SMILES string of the molecule is CN(C[C@@H]1CCC[C@@H]1O)C(=O)c1ccc2ccccc2c1O. The fraction of sp³-hybridized carbons (Fsp3) is 0.389. The highest BCUT2D eigenvalue weighted by Crippen LogP contribution is 2.30. The summed E-state index contributed by atoms with van der Waals surface area (Å²) in [6.07, 6.45) is 2.45. The summed E-state index contributed by atoms with van der Waals surface area (Å²) in [6, 6.07) is 11.0. The van der Waals surface area contributed by atoms with E-state index in [1.807, 2.05) is 30.3 Å². The summed E-state index contributed by atoms with van der Waals surface area (Å²) in [5.74, 6) is -0.0409. The molecule has 1 fully saturated rings. The lowest BCUT2D eigenvalue weighted by molar-refractivity contribution is 0.0691. The molecule has 3 rings (SSSR count). The highest BCUT2D eigenvalue weighted by Gasteiger charge is 2.28. The van der Waals surface area contributed by atoms with Gasteiger partial charge in [0, 0.05) is 24.9 Å². The van der Waals surface area contributed by atoms with Crippen LogP contribution in [0.2, 0.25) is 0 Å². The predicted octanol–water partition coefficient (Wildman–Crippen LogP) is 2.78. The van der Waals surface area contributed by atoms with Crippen molar-refractivity contribution in [2.24, 2.45) is 5.92 Å². The third kappa shape index (κ3) is 2.66. The number of benzene rings is 2. The summed E-state index contributed by atoms with van der Waals surface area (Å²) < 4.78 is 0. The number of rotatable bonds is 3. The lowest BCUT2D eigenvalue weighted by atomic mass is 10.0. The van der Waals surface area contributed by atoms with Gasteiger partial charge in [-0.1, -0.05) is 36.8 Å². The molecule has 0 heterocycles. The lowest BCUT2D eigenvalue weighted by Gasteiger charge is -2.23. The molecule has 0 spiro atoms. The normalized spacial score (nSPS) is 21.2. The summed E-state index contributed by atoms with van der Waals surface area (Å²) >= 11 is 0. The van der Waals surface area contributed by atoms with E-state index in [0.29, 0.717) is 17.5 Å². The van der Waals surface area contributed by atoms with E-state index in [0.717, 1.165) is 24.6 Å². The quantitative estimate of drug-likeness (QED) is 0.916. The van der Waals surface area contributed by atoms with E-state index in [4.69, 9.17) is 0 Å². The maximum Gasteiger partial charge on any atom is 0.257 e. The molecule has 22 heavy (non-hydrogen) atoms. The number of amides is 1. The fourth-order valence-electron chi connectivity index (χ4n) is 3.30. The van der Waals surface area contributed by atoms with Crippen molar-refractivity contribution >= 4 is 16.7 Å². The van der Waals surface area contributed by atoms with Crippen LogP contribution in [0.25, 0.3) is 10.8 Å². The Morgan fingerprint density at radius 2 is 2.00 bits per heavy atom. The molecule has 0 aromatic heterocycles.